The van der Waals surface area contributed by atoms with Gasteiger partial charge < -0.3 is 24.1 Å². The van der Waals surface area contributed by atoms with Crippen LogP contribution in [0.1, 0.15) is 61.3 Å². The lowest BCUT2D eigenvalue weighted by molar-refractivity contribution is -0.0199. The van der Waals surface area contributed by atoms with Crippen LogP contribution in [0.25, 0.3) is 0 Å². The molecular formula is C18H36BNO4. The molecule has 0 radical (unpaired) electrons. The minimum atomic E-state index is -0.228. The maximum atomic E-state index is 8.30. The van der Waals surface area contributed by atoms with Gasteiger partial charge in [-0.15, -0.1) is 0 Å². The van der Waals surface area contributed by atoms with Crippen molar-refractivity contribution in [2.75, 3.05) is 26.8 Å². The molecule has 5 nitrogen and oxygen atoms in total. The molecule has 0 saturated carbocycles. The fourth-order valence-electron chi connectivity index (χ4n) is 2.47. The first-order valence-corrected chi connectivity index (χ1v) is 8.89. The second-order valence-corrected chi connectivity index (χ2v) is 8.56. The highest BCUT2D eigenvalue weighted by Gasteiger charge is 2.52. The van der Waals surface area contributed by atoms with Crippen LogP contribution in [0.4, 0.5) is 0 Å². The lowest BCUT2D eigenvalue weighted by Crippen LogP contribution is -2.41. The lowest BCUT2D eigenvalue weighted by Gasteiger charge is -2.32. The third-order valence-corrected chi connectivity index (χ3v) is 4.54. The van der Waals surface area contributed by atoms with Crippen molar-refractivity contribution in [2.45, 2.75) is 78.1 Å². The Balaban J connectivity index is 0.000000307. The Hall–Kier alpha value is -0.555. The van der Waals surface area contributed by atoms with E-state index in [1.807, 2.05) is 20.8 Å². The Labute approximate surface area is 148 Å². The highest BCUT2D eigenvalue weighted by Crippen LogP contribution is 2.39. The minimum absolute atomic E-state index is 0.108. The molecule has 0 aromatic heterocycles. The number of hydrogen-bond acceptors (Lipinski definition) is 5. The first-order chi connectivity index (χ1) is 10.9. The molecule has 6 heteroatoms. The van der Waals surface area contributed by atoms with E-state index in [-0.39, 0.29) is 30.5 Å². The van der Waals surface area contributed by atoms with E-state index in [0.717, 1.165) is 13.0 Å². The van der Waals surface area contributed by atoms with Crippen LogP contribution in [0.15, 0.2) is 11.7 Å². The Kier molecular flexibility index (Phi) is 7.36. The number of hydrogen-bond donors (Lipinski definition) is 1. The van der Waals surface area contributed by atoms with Gasteiger partial charge in [0.2, 0.25) is 0 Å². The fraction of sp³-hybridized carbons (Fsp3) is 0.889. The summed E-state index contributed by atoms with van der Waals surface area (Å²) >= 11 is 0. The van der Waals surface area contributed by atoms with Gasteiger partial charge in [0.25, 0.3) is 0 Å². The molecule has 0 aliphatic carbocycles. The maximum absolute atomic E-state index is 8.30. The molecule has 140 valence electrons. The predicted octanol–water partition coefficient (Wildman–Crippen LogP) is 3.02. The predicted molar refractivity (Wildman–Crippen MR) is 98.8 cm³/mol. The van der Waals surface area contributed by atoms with E-state index < -0.39 is 0 Å². The van der Waals surface area contributed by atoms with Gasteiger partial charge in [0, 0.05) is 13.6 Å². The number of rotatable bonds is 3. The third-order valence-electron chi connectivity index (χ3n) is 4.54. The number of allylic oxidation sites excluding steroid dienone is 1. The summed E-state index contributed by atoms with van der Waals surface area (Å²) in [5.41, 5.74) is 0.707. The minimum Gasteiger partial charge on any atom is -0.400 e. The summed E-state index contributed by atoms with van der Waals surface area (Å²) in [7, 11) is 1.94. The normalized spacial score (nSPS) is 22.8. The number of aliphatic hydroxyl groups excluding tert-OH is 1. The molecule has 24 heavy (non-hydrogen) atoms. The molecule has 0 aromatic rings. The van der Waals surface area contributed by atoms with Crippen LogP contribution in [0, 0.1) is 0 Å². The van der Waals surface area contributed by atoms with Crippen molar-refractivity contribution in [1.29, 1.82) is 0 Å². The van der Waals surface area contributed by atoms with Crippen molar-refractivity contribution >= 4 is 7.12 Å². The molecule has 2 heterocycles. The molecule has 0 unspecified atom stereocenters. The topological polar surface area (TPSA) is 51.2 Å². The van der Waals surface area contributed by atoms with Gasteiger partial charge in [-0.05, 0) is 73.0 Å². The zero-order valence-corrected chi connectivity index (χ0v) is 16.8. The Morgan fingerprint density at radius 2 is 1.75 bits per heavy atom. The molecule has 1 saturated heterocycles. The van der Waals surface area contributed by atoms with Gasteiger partial charge in [0.05, 0.1) is 30.0 Å². The number of nitrogens with zero attached hydrogens (tertiary/aromatic N) is 1. The first kappa shape index (κ1) is 21.5. The van der Waals surface area contributed by atoms with Crippen LogP contribution in [0.2, 0.25) is 0 Å². The van der Waals surface area contributed by atoms with E-state index >= 15 is 0 Å². The summed E-state index contributed by atoms with van der Waals surface area (Å²) in [6, 6.07) is 0. The average Bonchev–Trinajstić information content (AvgIpc) is 2.65. The summed E-state index contributed by atoms with van der Waals surface area (Å²) < 4.78 is 17.2. The molecule has 1 fully saturated rings. The molecule has 2 aliphatic rings. The third kappa shape index (κ3) is 6.39. The number of ether oxygens (including phenoxy) is 1. The van der Waals surface area contributed by atoms with E-state index in [4.69, 9.17) is 19.2 Å². The maximum Gasteiger partial charge on any atom is 0.492 e. The second kappa shape index (κ2) is 8.22. The van der Waals surface area contributed by atoms with Crippen molar-refractivity contribution in [3.63, 3.8) is 0 Å². The quantitative estimate of drug-likeness (QED) is 0.800. The SMILES string of the molecule is CC(C)(C)OCCO.CN1C=C(B2OC(C)(C)C(C)(C)O2)CCC1. The molecule has 2 aliphatic heterocycles. The smallest absolute Gasteiger partial charge is 0.400 e. The Bertz CT molecular complexity index is 413. The van der Waals surface area contributed by atoms with Gasteiger partial charge in [0.15, 0.2) is 0 Å². The van der Waals surface area contributed by atoms with Gasteiger partial charge in [-0.2, -0.15) is 0 Å². The van der Waals surface area contributed by atoms with E-state index in [2.05, 4.69) is 45.8 Å². The van der Waals surface area contributed by atoms with Crippen molar-refractivity contribution in [3.8, 4) is 0 Å². The highest BCUT2D eigenvalue weighted by atomic mass is 16.7. The molecular weight excluding hydrogens is 305 g/mol. The van der Waals surface area contributed by atoms with Crippen LogP contribution in [0.3, 0.4) is 0 Å². The van der Waals surface area contributed by atoms with Gasteiger partial charge in [-0.3, -0.25) is 0 Å². The number of aliphatic hydroxyl groups is 1. The van der Waals surface area contributed by atoms with Gasteiger partial charge in [-0.1, -0.05) is 0 Å². The van der Waals surface area contributed by atoms with Gasteiger partial charge in [-0.25, -0.2) is 0 Å². The average molecular weight is 341 g/mol. The second-order valence-electron chi connectivity index (χ2n) is 8.56. The lowest BCUT2D eigenvalue weighted by atomic mass is 9.75. The van der Waals surface area contributed by atoms with Crippen molar-refractivity contribution < 1.29 is 19.2 Å². The standard InChI is InChI=1S/C12H22BNO2.C6H14O2/c1-11(2)12(3,4)16-13(15-11)10-7-6-8-14(5)9-10;1-6(2,3)8-5-4-7/h9H,6-8H2,1-5H3;7H,4-5H2,1-3H3. The monoisotopic (exact) mass is 341 g/mol. The molecule has 0 atom stereocenters. The fourth-order valence-corrected chi connectivity index (χ4v) is 2.47. The summed E-state index contributed by atoms with van der Waals surface area (Å²) in [6.45, 7) is 15.9. The van der Waals surface area contributed by atoms with Crippen LogP contribution < -0.4 is 0 Å². The molecule has 0 amide bonds. The summed E-state index contributed by atoms with van der Waals surface area (Å²) in [5, 5.41) is 8.30. The summed E-state index contributed by atoms with van der Waals surface area (Å²) in [4.78, 5) is 2.21. The molecule has 0 bridgehead atoms. The van der Waals surface area contributed by atoms with E-state index in [1.165, 1.54) is 11.9 Å². The zero-order chi connectivity index (χ0) is 18.6. The van der Waals surface area contributed by atoms with Gasteiger partial charge >= 0.3 is 7.12 Å². The van der Waals surface area contributed by atoms with Crippen LogP contribution >= 0.6 is 0 Å². The van der Waals surface area contributed by atoms with E-state index in [9.17, 15) is 0 Å². The molecule has 2 rings (SSSR count). The summed E-state index contributed by atoms with van der Waals surface area (Å²) in [6.07, 6.45) is 4.44. The Morgan fingerprint density at radius 1 is 1.21 bits per heavy atom. The van der Waals surface area contributed by atoms with Crippen molar-refractivity contribution in [3.05, 3.63) is 11.7 Å². The first-order valence-electron chi connectivity index (χ1n) is 8.89. The van der Waals surface area contributed by atoms with Crippen molar-refractivity contribution in [1.82, 2.24) is 4.90 Å². The molecule has 1 N–H and O–H groups in total. The summed E-state index contributed by atoms with van der Waals surface area (Å²) in [5.74, 6) is 0. The largest absolute Gasteiger partial charge is 0.492 e. The zero-order valence-electron chi connectivity index (χ0n) is 16.8. The molecule has 0 spiro atoms. The van der Waals surface area contributed by atoms with Gasteiger partial charge in [0.1, 0.15) is 0 Å². The molecule has 0 aromatic carbocycles. The Morgan fingerprint density at radius 3 is 2.12 bits per heavy atom. The van der Waals surface area contributed by atoms with Crippen LogP contribution in [0.5, 0.6) is 0 Å². The van der Waals surface area contributed by atoms with E-state index in [1.54, 1.807) is 0 Å². The van der Waals surface area contributed by atoms with Crippen molar-refractivity contribution in [2.24, 2.45) is 0 Å². The van der Waals surface area contributed by atoms with Crippen LogP contribution in [-0.4, -0.2) is 60.7 Å². The van der Waals surface area contributed by atoms with Crippen LogP contribution in [-0.2, 0) is 14.0 Å². The van der Waals surface area contributed by atoms with E-state index in [0.29, 0.717) is 6.61 Å². The highest BCUT2D eigenvalue weighted by molar-refractivity contribution is 6.54.